The topological polar surface area (TPSA) is 0 Å². The van der Waals surface area contributed by atoms with Gasteiger partial charge < -0.3 is 0 Å². The van der Waals surface area contributed by atoms with Crippen molar-refractivity contribution in [2.24, 2.45) is 5.92 Å². The molecule has 0 aromatic heterocycles. The van der Waals surface area contributed by atoms with E-state index in [2.05, 4.69) is 20.4 Å². The van der Waals surface area contributed by atoms with E-state index >= 15 is 0 Å². The van der Waals surface area contributed by atoms with Crippen molar-refractivity contribution in [3.05, 3.63) is 40.4 Å². The second-order valence-electron chi connectivity index (χ2n) is 4.43. The van der Waals surface area contributed by atoms with E-state index in [0.717, 1.165) is 22.1 Å². The van der Waals surface area contributed by atoms with Crippen LogP contribution in [0.25, 0.3) is 4.91 Å². The molecule has 0 heterocycles. The summed E-state index contributed by atoms with van der Waals surface area (Å²) in [6.45, 7) is 8.56. The molecule has 1 aromatic rings. The molecule has 1 aromatic carbocycles. The fraction of sp³-hybridized carbons (Fsp3) is 0.429. The van der Waals surface area contributed by atoms with E-state index in [1.165, 1.54) is 12.8 Å². The monoisotopic (exact) mass is 288 g/mol. The predicted octanol–water partition coefficient (Wildman–Crippen LogP) is 6.13. The Bertz CT molecular complexity index is 386. The standard InChI is InChI=1S/C14H18Cl2S/c1-10(2)5-4-8-17-11(3)13-7-6-12(15)9-14(13)16/h6-7,9-10H,3-5,8H2,1-2H3. The molecule has 0 aliphatic carbocycles. The highest BCUT2D eigenvalue weighted by molar-refractivity contribution is 8.08. The van der Waals surface area contributed by atoms with Crippen LogP contribution in [0.5, 0.6) is 0 Å². The van der Waals surface area contributed by atoms with Gasteiger partial charge in [-0.05, 0) is 30.2 Å². The van der Waals surface area contributed by atoms with Crippen LogP contribution in [-0.2, 0) is 0 Å². The van der Waals surface area contributed by atoms with E-state index in [4.69, 9.17) is 23.2 Å². The Morgan fingerprint density at radius 1 is 1.35 bits per heavy atom. The van der Waals surface area contributed by atoms with Crippen LogP contribution in [0.3, 0.4) is 0 Å². The molecule has 0 unspecified atom stereocenters. The lowest BCUT2D eigenvalue weighted by molar-refractivity contribution is 0.579. The summed E-state index contributed by atoms with van der Waals surface area (Å²) in [7, 11) is 0. The van der Waals surface area contributed by atoms with Crippen molar-refractivity contribution in [3.8, 4) is 0 Å². The van der Waals surface area contributed by atoms with Crippen LogP contribution < -0.4 is 0 Å². The van der Waals surface area contributed by atoms with Crippen molar-refractivity contribution in [2.45, 2.75) is 26.7 Å². The SMILES string of the molecule is C=C(SCCCC(C)C)c1ccc(Cl)cc1Cl. The van der Waals surface area contributed by atoms with E-state index in [0.29, 0.717) is 10.0 Å². The second-order valence-corrected chi connectivity index (χ2v) is 6.47. The molecule has 0 fully saturated rings. The quantitative estimate of drug-likeness (QED) is 0.567. The lowest BCUT2D eigenvalue weighted by atomic mass is 10.1. The molecule has 94 valence electrons. The summed E-state index contributed by atoms with van der Waals surface area (Å²) < 4.78 is 0. The third-order valence-corrected chi connectivity index (χ3v) is 4.04. The van der Waals surface area contributed by atoms with Gasteiger partial charge in [0.2, 0.25) is 0 Å². The third-order valence-electron chi connectivity index (χ3n) is 2.43. The average molecular weight is 289 g/mol. The highest BCUT2D eigenvalue weighted by Crippen LogP contribution is 2.33. The van der Waals surface area contributed by atoms with Gasteiger partial charge in [-0.15, -0.1) is 11.8 Å². The van der Waals surface area contributed by atoms with Crippen molar-refractivity contribution in [1.82, 2.24) is 0 Å². The first kappa shape index (κ1) is 14.9. The van der Waals surface area contributed by atoms with Gasteiger partial charge in [-0.3, -0.25) is 0 Å². The van der Waals surface area contributed by atoms with Gasteiger partial charge in [-0.25, -0.2) is 0 Å². The van der Waals surface area contributed by atoms with Crippen LogP contribution in [0.1, 0.15) is 32.3 Å². The summed E-state index contributed by atoms with van der Waals surface area (Å²) in [5.41, 5.74) is 0.991. The Labute approximate surface area is 118 Å². The number of halogens is 2. The van der Waals surface area contributed by atoms with Crippen molar-refractivity contribution in [2.75, 3.05) is 5.75 Å². The Morgan fingerprint density at radius 3 is 2.65 bits per heavy atom. The van der Waals surface area contributed by atoms with Gasteiger partial charge >= 0.3 is 0 Å². The van der Waals surface area contributed by atoms with Gasteiger partial charge in [0, 0.05) is 15.5 Å². The smallest absolute Gasteiger partial charge is 0.0504 e. The van der Waals surface area contributed by atoms with Gasteiger partial charge in [-0.2, -0.15) is 0 Å². The molecule has 0 aliphatic heterocycles. The minimum atomic E-state index is 0.663. The molecule has 0 saturated carbocycles. The zero-order chi connectivity index (χ0) is 12.8. The molecule has 0 radical (unpaired) electrons. The van der Waals surface area contributed by atoms with Crippen LogP contribution in [0.2, 0.25) is 10.0 Å². The van der Waals surface area contributed by atoms with Gasteiger partial charge in [-0.1, -0.05) is 56.1 Å². The first-order chi connectivity index (χ1) is 8.00. The maximum atomic E-state index is 6.13. The lowest BCUT2D eigenvalue weighted by Crippen LogP contribution is -1.89. The van der Waals surface area contributed by atoms with Gasteiger partial charge in [0.25, 0.3) is 0 Å². The first-order valence-electron chi connectivity index (χ1n) is 5.78. The lowest BCUT2D eigenvalue weighted by Gasteiger charge is -2.09. The zero-order valence-corrected chi connectivity index (χ0v) is 12.6. The van der Waals surface area contributed by atoms with E-state index in [-0.39, 0.29) is 0 Å². The molecule has 0 amide bonds. The Morgan fingerprint density at radius 2 is 2.06 bits per heavy atom. The van der Waals surface area contributed by atoms with Crippen LogP contribution >= 0.6 is 35.0 Å². The molecule has 0 N–H and O–H groups in total. The summed E-state index contributed by atoms with van der Waals surface area (Å²) in [4.78, 5) is 1.02. The Kier molecular flexibility index (Phi) is 6.47. The summed E-state index contributed by atoms with van der Waals surface area (Å²) in [6, 6.07) is 5.55. The highest BCUT2D eigenvalue weighted by Gasteiger charge is 2.06. The molecule has 0 nitrogen and oxygen atoms in total. The van der Waals surface area contributed by atoms with E-state index in [1.54, 1.807) is 17.8 Å². The van der Waals surface area contributed by atoms with Gasteiger partial charge in [0.15, 0.2) is 0 Å². The summed E-state index contributed by atoms with van der Waals surface area (Å²) in [6.07, 6.45) is 2.47. The molecule has 1 rings (SSSR count). The number of hydrogen-bond donors (Lipinski definition) is 0. The van der Waals surface area contributed by atoms with Crippen molar-refractivity contribution in [1.29, 1.82) is 0 Å². The van der Waals surface area contributed by atoms with Crippen LogP contribution in [0, 0.1) is 5.92 Å². The molecular formula is C14H18Cl2S. The first-order valence-corrected chi connectivity index (χ1v) is 7.52. The minimum absolute atomic E-state index is 0.663. The maximum absolute atomic E-state index is 6.13. The number of thioether (sulfide) groups is 1. The predicted molar refractivity (Wildman–Crippen MR) is 82.0 cm³/mol. The maximum Gasteiger partial charge on any atom is 0.0504 e. The fourth-order valence-corrected chi connectivity index (χ4v) is 2.95. The summed E-state index contributed by atoms with van der Waals surface area (Å²) in [5, 5.41) is 1.34. The number of hydrogen-bond acceptors (Lipinski definition) is 1. The van der Waals surface area contributed by atoms with E-state index in [1.807, 2.05) is 12.1 Å². The number of rotatable bonds is 6. The molecule has 0 bridgehead atoms. The molecular weight excluding hydrogens is 271 g/mol. The molecule has 17 heavy (non-hydrogen) atoms. The van der Waals surface area contributed by atoms with Crippen molar-refractivity contribution in [3.63, 3.8) is 0 Å². The van der Waals surface area contributed by atoms with E-state index in [9.17, 15) is 0 Å². The van der Waals surface area contributed by atoms with Crippen molar-refractivity contribution < 1.29 is 0 Å². The summed E-state index contributed by atoms with van der Waals surface area (Å²) >= 11 is 13.8. The van der Waals surface area contributed by atoms with Crippen LogP contribution in [-0.4, -0.2) is 5.75 Å². The van der Waals surface area contributed by atoms with Crippen molar-refractivity contribution >= 4 is 39.9 Å². The fourth-order valence-electron chi connectivity index (χ4n) is 1.48. The van der Waals surface area contributed by atoms with Gasteiger partial charge in [0.05, 0.1) is 5.02 Å². The normalized spacial score (nSPS) is 10.9. The number of benzene rings is 1. The average Bonchev–Trinajstić information content (AvgIpc) is 2.23. The highest BCUT2D eigenvalue weighted by atomic mass is 35.5. The summed E-state index contributed by atoms with van der Waals surface area (Å²) in [5.74, 6) is 1.86. The van der Waals surface area contributed by atoms with Crippen LogP contribution in [0.4, 0.5) is 0 Å². The molecule has 0 aliphatic rings. The van der Waals surface area contributed by atoms with Gasteiger partial charge in [0.1, 0.15) is 0 Å². The van der Waals surface area contributed by atoms with E-state index < -0.39 is 0 Å². The molecule has 0 atom stereocenters. The molecule has 0 spiro atoms. The zero-order valence-electron chi connectivity index (χ0n) is 10.3. The molecule has 3 heteroatoms. The second kappa shape index (κ2) is 7.35. The Balaban J connectivity index is 2.47. The third kappa shape index (κ3) is 5.37. The minimum Gasteiger partial charge on any atom is -0.126 e. The Hall–Kier alpha value is -0.110. The largest absolute Gasteiger partial charge is 0.126 e. The molecule has 0 saturated heterocycles. The van der Waals surface area contributed by atoms with Crippen LogP contribution in [0.15, 0.2) is 24.8 Å².